The lowest BCUT2D eigenvalue weighted by Gasteiger charge is -2.52. The van der Waals surface area contributed by atoms with Gasteiger partial charge in [-0.3, -0.25) is 9.59 Å². The van der Waals surface area contributed by atoms with Crippen molar-refractivity contribution < 1.29 is 62.8 Å². The van der Waals surface area contributed by atoms with Gasteiger partial charge in [-0.2, -0.15) is 0 Å². The number of anilines is 1. The molecule has 0 radical (unpaired) electrons. The number of carbonyl (C=O) groups excluding carboxylic acids is 2. The van der Waals surface area contributed by atoms with Crippen LogP contribution in [0.4, 0.5) is 10.3 Å². The normalized spacial score (nSPS) is 38.3. The zero-order chi connectivity index (χ0) is 54.6. The molecule has 0 amide bonds. The number of aliphatic hydroxyl groups is 4. The molecule has 19 nitrogen and oxygen atoms in total. The predicted molar refractivity (Wildman–Crippen MR) is 273 cm³/mol. The lowest BCUT2D eigenvalue weighted by atomic mass is 9.67. The first-order valence-corrected chi connectivity index (χ1v) is 26.2. The largest absolute Gasteiger partial charge is 0.459 e. The summed E-state index contributed by atoms with van der Waals surface area (Å²) in [6, 6.07) is 6.68. The van der Waals surface area contributed by atoms with Gasteiger partial charge in [0.15, 0.2) is 6.29 Å². The lowest BCUT2D eigenvalue weighted by molar-refractivity contribution is -0.305. The standard InChI is InChI=1S/C54H84FN7O12/c1-14-42-54(10,68)46(65)33(6)44(63)29(2)23-53(9,70-13)48(31(4)43(32(5)49(67)73-42)41-24-52(8,69-12)47(66)34(7)72-41)74-50-45(64)40(21-30(3)71-50)61(11)20-19-38-28-62(60-59-38)39(25-55)22-35-15-17-36(18-16-35)37-26-57-51(56)58-27-37/h15-18,26-34,39-43,45-48,50,64-66,68H,14,19-25H2,1-13H3,(H2,56,57,58)/t29-,30-,31+,32-,33+,34+,39+,40+,41-,42-,43?,45-,46-,47+,48-,50+,52-,53-,54-/m1/s1. The molecule has 74 heavy (non-hydrogen) atoms. The van der Waals surface area contributed by atoms with E-state index in [0.29, 0.717) is 31.5 Å². The Kier molecular flexibility index (Phi) is 19.6. The highest BCUT2D eigenvalue weighted by Crippen LogP contribution is 2.46. The summed E-state index contributed by atoms with van der Waals surface area (Å²) in [6.45, 7) is 17.1. The van der Waals surface area contributed by atoms with Gasteiger partial charge >= 0.3 is 5.97 Å². The Labute approximate surface area is 436 Å². The molecule has 19 atom stereocenters. The number of Topliss-reactive ketones (excluding diaryl/α,β-unsaturated/α-hetero) is 1. The van der Waals surface area contributed by atoms with E-state index in [4.69, 9.17) is 34.2 Å². The number of nitrogen functional groups attached to an aromatic ring is 1. The molecular formula is C54H84FN7O12. The van der Waals surface area contributed by atoms with Crippen molar-refractivity contribution in [1.29, 1.82) is 0 Å². The number of rotatable bonds is 15. The van der Waals surface area contributed by atoms with Gasteiger partial charge in [0.05, 0.1) is 59.4 Å². The van der Waals surface area contributed by atoms with Crippen LogP contribution in [0, 0.1) is 29.6 Å². The predicted octanol–water partition coefficient (Wildman–Crippen LogP) is 4.71. The second-order valence-corrected chi connectivity index (χ2v) is 22.2. The molecule has 20 heteroatoms. The van der Waals surface area contributed by atoms with Crippen LogP contribution in [0.1, 0.15) is 112 Å². The third-order valence-corrected chi connectivity index (χ3v) is 16.8. The van der Waals surface area contributed by atoms with Gasteiger partial charge < -0.3 is 59.5 Å². The number of benzene rings is 1. The van der Waals surface area contributed by atoms with E-state index in [1.165, 1.54) is 21.1 Å². The molecule has 414 valence electrons. The molecule has 0 spiro atoms. The molecule has 1 unspecified atom stereocenters. The van der Waals surface area contributed by atoms with Crippen LogP contribution in [-0.4, -0.2) is 174 Å². The summed E-state index contributed by atoms with van der Waals surface area (Å²) in [4.78, 5) is 39.1. The second-order valence-electron chi connectivity index (χ2n) is 22.2. The Morgan fingerprint density at radius 1 is 0.919 bits per heavy atom. The monoisotopic (exact) mass is 1040 g/mol. The molecule has 5 heterocycles. The third-order valence-electron chi connectivity index (χ3n) is 16.8. The van der Waals surface area contributed by atoms with Crippen LogP contribution < -0.4 is 5.73 Å². The number of methoxy groups -OCH3 is 2. The SMILES string of the molecule is CC[C@H]1OC(=O)[C@H](C)C([C@H]2C[C@@](C)(OC)[C@@H](O)[C@H](C)O2)[C@H](C)[C@@H](O[C@@H]2O[C@H](C)C[C@H](N(C)CCc3cn([C@H](CF)Cc4ccc(-c5cnc(N)nc5)cc4)nn3)[C@H]2O)[C@](C)(OC)C[C@@H](C)C(=O)[C@H](C)[C@@H](O)[C@]1(C)O. The average Bonchev–Trinajstić information content (AvgIpc) is 3.86. The minimum absolute atomic E-state index is 0.0774. The lowest BCUT2D eigenvalue weighted by Crippen LogP contribution is -2.62. The van der Waals surface area contributed by atoms with Crippen LogP contribution in [-0.2, 0) is 50.9 Å². The van der Waals surface area contributed by atoms with Gasteiger partial charge in [-0.15, -0.1) is 5.10 Å². The van der Waals surface area contributed by atoms with E-state index in [1.807, 2.05) is 57.0 Å². The summed E-state index contributed by atoms with van der Waals surface area (Å²) in [7, 11) is 4.94. The number of aromatic nitrogens is 5. The van der Waals surface area contributed by atoms with Crippen LogP contribution in [0.5, 0.6) is 0 Å². The van der Waals surface area contributed by atoms with Gasteiger partial charge in [0, 0.05) is 81.6 Å². The number of hydrogen-bond donors (Lipinski definition) is 5. The molecule has 2 aromatic heterocycles. The molecule has 1 aromatic carbocycles. The van der Waals surface area contributed by atoms with Crippen LogP contribution in [0.3, 0.4) is 0 Å². The molecular weight excluding hydrogens is 958 g/mol. The van der Waals surface area contributed by atoms with Gasteiger partial charge in [0.1, 0.15) is 36.4 Å². The average molecular weight is 1040 g/mol. The molecule has 0 aliphatic carbocycles. The van der Waals surface area contributed by atoms with Crippen molar-refractivity contribution in [3.63, 3.8) is 0 Å². The van der Waals surface area contributed by atoms with Crippen molar-refractivity contribution in [2.45, 2.75) is 192 Å². The first-order chi connectivity index (χ1) is 34.8. The number of aliphatic hydroxyl groups excluding tert-OH is 3. The van der Waals surface area contributed by atoms with E-state index in [0.717, 1.165) is 16.7 Å². The maximum atomic E-state index is 14.6. The van der Waals surface area contributed by atoms with Crippen LogP contribution in [0.15, 0.2) is 42.9 Å². The topological polar surface area (TPSA) is 256 Å². The van der Waals surface area contributed by atoms with E-state index in [2.05, 4.69) is 20.3 Å². The molecule has 6 rings (SSSR count). The van der Waals surface area contributed by atoms with Crippen molar-refractivity contribution in [2.24, 2.45) is 29.6 Å². The minimum Gasteiger partial charge on any atom is -0.459 e. The summed E-state index contributed by atoms with van der Waals surface area (Å²) in [6.07, 6.45) is -2.32. The molecule has 3 aliphatic heterocycles. The first kappa shape index (κ1) is 59.2. The van der Waals surface area contributed by atoms with Gasteiger partial charge in [-0.25, -0.2) is 19.0 Å². The molecule has 3 saturated heterocycles. The van der Waals surface area contributed by atoms with Gasteiger partial charge in [-0.1, -0.05) is 64.1 Å². The second kappa shape index (κ2) is 24.5. The van der Waals surface area contributed by atoms with E-state index in [9.17, 15) is 34.4 Å². The summed E-state index contributed by atoms with van der Waals surface area (Å²) < 4.78 is 54.8. The fourth-order valence-corrected chi connectivity index (χ4v) is 11.9. The summed E-state index contributed by atoms with van der Waals surface area (Å²) in [5.74, 6) is -4.99. The maximum Gasteiger partial charge on any atom is 0.309 e. The number of nitrogens with two attached hydrogens (primary N) is 1. The number of alkyl halides is 1. The van der Waals surface area contributed by atoms with Crippen molar-refractivity contribution in [1.82, 2.24) is 29.9 Å². The number of nitrogens with zero attached hydrogens (tertiary/aromatic N) is 6. The highest BCUT2D eigenvalue weighted by atomic mass is 19.1. The van der Waals surface area contributed by atoms with Crippen molar-refractivity contribution >= 4 is 17.7 Å². The smallest absolute Gasteiger partial charge is 0.309 e. The number of cyclic esters (lactones) is 1. The Morgan fingerprint density at radius 2 is 1.57 bits per heavy atom. The van der Waals surface area contributed by atoms with E-state index >= 15 is 0 Å². The van der Waals surface area contributed by atoms with Crippen LogP contribution in [0.25, 0.3) is 11.1 Å². The number of hydrogen-bond acceptors (Lipinski definition) is 18. The zero-order valence-corrected chi connectivity index (χ0v) is 45.6. The van der Waals surface area contributed by atoms with Crippen LogP contribution >= 0.6 is 0 Å². The maximum absolute atomic E-state index is 14.6. The van der Waals surface area contributed by atoms with Gasteiger partial charge in [0.25, 0.3) is 0 Å². The Morgan fingerprint density at radius 3 is 2.18 bits per heavy atom. The summed E-state index contributed by atoms with van der Waals surface area (Å²) >= 11 is 0. The molecule has 3 aromatic rings. The fraction of sp³-hybridized carbons (Fsp3) is 0.741. The number of halogens is 1. The Hall–Kier alpha value is -4.09. The highest BCUT2D eigenvalue weighted by molar-refractivity contribution is 5.83. The van der Waals surface area contributed by atoms with E-state index in [1.54, 1.807) is 64.8 Å². The van der Waals surface area contributed by atoms with E-state index in [-0.39, 0.29) is 31.0 Å². The summed E-state index contributed by atoms with van der Waals surface area (Å²) in [5, 5.41) is 55.9. The first-order valence-electron chi connectivity index (χ1n) is 26.2. The fourth-order valence-electron chi connectivity index (χ4n) is 11.9. The highest BCUT2D eigenvalue weighted by Gasteiger charge is 2.56. The van der Waals surface area contributed by atoms with Gasteiger partial charge in [0.2, 0.25) is 5.95 Å². The number of ketones is 1. The Bertz CT molecular complexity index is 2290. The van der Waals surface area contributed by atoms with Gasteiger partial charge in [-0.05, 0) is 84.4 Å². The number of esters is 1. The van der Waals surface area contributed by atoms with Crippen LogP contribution in [0.2, 0.25) is 0 Å². The quantitative estimate of drug-likeness (QED) is 0.129. The third kappa shape index (κ3) is 12.8. The molecule has 0 saturated carbocycles. The number of ether oxygens (including phenoxy) is 6. The Balaban J connectivity index is 1.26. The number of likely N-dealkylation sites (N-methyl/N-ethyl adjacent to an activating group) is 1. The molecule has 3 aliphatic rings. The molecule has 3 fully saturated rings. The van der Waals surface area contributed by atoms with Crippen molar-refractivity contribution in [3.8, 4) is 11.1 Å². The van der Waals surface area contributed by atoms with Crippen molar-refractivity contribution in [3.05, 3.63) is 54.1 Å². The van der Waals surface area contributed by atoms with Crippen molar-refractivity contribution in [2.75, 3.05) is 40.2 Å². The van der Waals surface area contributed by atoms with E-state index < -0.39 is 126 Å². The molecule has 0 bridgehead atoms. The molecule has 6 N–H and O–H groups in total. The summed E-state index contributed by atoms with van der Waals surface area (Å²) in [5.41, 5.74) is 4.55. The number of carbonyl (C=O) groups is 2. The zero-order valence-electron chi connectivity index (χ0n) is 45.6. The minimum atomic E-state index is -1.99.